The predicted octanol–water partition coefficient (Wildman–Crippen LogP) is 3.60. The number of halogens is 2. The number of aryl methyl sites for hydroxylation is 1. The highest BCUT2D eigenvalue weighted by Crippen LogP contribution is 2.28. The van der Waals surface area contributed by atoms with Crippen molar-refractivity contribution in [3.8, 4) is 11.3 Å². The zero-order valence-electron chi connectivity index (χ0n) is 13.5. The molecule has 23 heavy (non-hydrogen) atoms. The van der Waals surface area contributed by atoms with Crippen molar-refractivity contribution < 1.29 is 8.78 Å². The van der Waals surface area contributed by atoms with Crippen LogP contribution in [0.25, 0.3) is 11.3 Å². The fourth-order valence-corrected chi connectivity index (χ4v) is 2.95. The van der Waals surface area contributed by atoms with E-state index in [0.717, 1.165) is 43.7 Å². The third kappa shape index (κ3) is 3.18. The van der Waals surface area contributed by atoms with Crippen LogP contribution in [0.3, 0.4) is 0 Å². The summed E-state index contributed by atoms with van der Waals surface area (Å²) in [6.45, 7) is 6.29. The van der Waals surface area contributed by atoms with Gasteiger partial charge in [0.1, 0.15) is 5.69 Å². The Morgan fingerprint density at radius 1 is 1.17 bits per heavy atom. The van der Waals surface area contributed by atoms with Crippen molar-refractivity contribution in [2.45, 2.75) is 46.1 Å². The molecule has 5 nitrogen and oxygen atoms in total. The number of rotatable bonds is 4. The van der Waals surface area contributed by atoms with Crippen LogP contribution < -0.4 is 4.90 Å². The van der Waals surface area contributed by atoms with Crippen molar-refractivity contribution in [3.05, 3.63) is 23.7 Å². The van der Waals surface area contributed by atoms with Gasteiger partial charge in [-0.3, -0.25) is 4.68 Å². The summed E-state index contributed by atoms with van der Waals surface area (Å²) in [7, 11) is 0. The Balaban J connectivity index is 2.04. The summed E-state index contributed by atoms with van der Waals surface area (Å²) in [5.41, 5.74) is 2.01. The maximum Gasteiger partial charge on any atom is 0.280 e. The van der Waals surface area contributed by atoms with E-state index in [1.54, 1.807) is 6.20 Å². The van der Waals surface area contributed by atoms with Gasteiger partial charge in [-0.2, -0.15) is 5.10 Å². The van der Waals surface area contributed by atoms with Crippen molar-refractivity contribution in [1.29, 1.82) is 0 Å². The molecule has 0 radical (unpaired) electrons. The first kappa shape index (κ1) is 15.8. The van der Waals surface area contributed by atoms with Crippen molar-refractivity contribution in [2.24, 2.45) is 0 Å². The molecule has 2 aromatic rings. The van der Waals surface area contributed by atoms with E-state index in [9.17, 15) is 8.78 Å². The minimum absolute atomic E-state index is 0.223. The first-order chi connectivity index (χ1) is 11.1. The summed E-state index contributed by atoms with van der Waals surface area (Å²) < 4.78 is 28.3. The monoisotopic (exact) mass is 321 g/mol. The second-order valence-corrected chi connectivity index (χ2v) is 5.79. The number of anilines is 1. The van der Waals surface area contributed by atoms with Gasteiger partial charge in [-0.25, -0.2) is 18.7 Å². The molecule has 124 valence electrons. The molecule has 1 aliphatic rings. The number of piperidine rings is 1. The predicted molar refractivity (Wildman–Crippen MR) is 84.7 cm³/mol. The molecule has 1 saturated heterocycles. The Morgan fingerprint density at radius 2 is 1.91 bits per heavy atom. The summed E-state index contributed by atoms with van der Waals surface area (Å²) in [5, 5.41) is 4.28. The van der Waals surface area contributed by atoms with E-state index in [-0.39, 0.29) is 5.69 Å². The third-order valence-electron chi connectivity index (χ3n) is 4.28. The van der Waals surface area contributed by atoms with Gasteiger partial charge in [-0.15, -0.1) is 0 Å². The molecular weight excluding hydrogens is 300 g/mol. The van der Waals surface area contributed by atoms with Gasteiger partial charge in [0.05, 0.1) is 11.9 Å². The molecule has 3 heterocycles. The summed E-state index contributed by atoms with van der Waals surface area (Å²) in [6.07, 6.45) is 2.34. The number of aromatic nitrogens is 4. The fraction of sp³-hybridized carbons (Fsp3) is 0.562. The second-order valence-electron chi connectivity index (χ2n) is 5.79. The van der Waals surface area contributed by atoms with Gasteiger partial charge in [-0.1, -0.05) is 0 Å². The van der Waals surface area contributed by atoms with E-state index < -0.39 is 6.43 Å². The molecule has 0 atom stereocenters. The largest absolute Gasteiger partial charge is 0.341 e. The lowest BCUT2D eigenvalue weighted by atomic mass is 10.1. The van der Waals surface area contributed by atoms with Gasteiger partial charge < -0.3 is 4.90 Å². The lowest BCUT2D eigenvalue weighted by Crippen LogP contribution is -2.31. The van der Waals surface area contributed by atoms with E-state index >= 15 is 0 Å². The molecule has 0 aromatic carbocycles. The Labute approximate surface area is 134 Å². The van der Waals surface area contributed by atoms with E-state index in [1.807, 2.05) is 23.4 Å². The van der Waals surface area contributed by atoms with Crippen LogP contribution in [0.15, 0.2) is 12.3 Å². The zero-order chi connectivity index (χ0) is 16.4. The molecule has 0 saturated carbocycles. The molecule has 1 aliphatic heterocycles. The van der Waals surface area contributed by atoms with Crippen LogP contribution in [0.2, 0.25) is 0 Å². The first-order valence-electron chi connectivity index (χ1n) is 8.05. The Bertz CT molecular complexity index is 677. The van der Waals surface area contributed by atoms with Gasteiger partial charge in [0.15, 0.2) is 0 Å². The van der Waals surface area contributed by atoms with E-state index in [1.165, 1.54) is 12.5 Å². The first-order valence-corrected chi connectivity index (χ1v) is 8.05. The average molecular weight is 321 g/mol. The van der Waals surface area contributed by atoms with Crippen LogP contribution in [0.4, 0.5) is 14.7 Å². The highest BCUT2D eigenvalue weighted by molar-refractivity contribution is 5.63. The lowest BCUT2D eigenvalue weighted by molar-refractivity contribution is 0.146. The highest BCUT2D eigenvalue weighted by Gasteiger charge is 2.20. The smallest absolute Gasteiger partial charge is 0.280 e. The Hall–Kier alpha value is -2.05. The second kappa shape index (κ2) is 6.60. The molecule has 0 aliphatic carbocycles. The summed E-state index contributed by atoms with van der Waals surface area (Å²) in [5.74, 6) is 0.404. The van der Waals surface area contributed by atoms with Crippen LogP contribution in [-0.2, 0) is 6.54 Å². The molecule has 1 fully saturated rings. The zero-order valence-corrected chi connectivity index (χ0v) is 13.5. The topological polar surface area (TPSA) is 46.8 Å². The molecule has 0 spiro atoms. The quantitative estimate of drug-likeness (QED) is 0.863. The number of nitrogens with zero attached hydrogens (tertiary/aromatic N) is 5. The van der Waals surface area contributed by atoms with Gasteiger partial charge in [0.2, 0.25) is 5.95 Å². The molecule has 0 unspecified atom stereocenters. The van der Waals surface area contributed by atoms with Crippen molar-refractivity contribution >= 4 is 5.95 Å². The average Bonchev–Trinajstić information content (AvgIpc) is 2.96. The van der Waals surface area contributed by atoms with Crippen LogP contribution in [-0.4, -0.2) is 32.8 Å². The normalized spacial score (nSPS) is 15.4. The van der Waals surface area contributed by atoms with E-state index in [4.69, 9.17) is 0 Å². The van der Waals surface area contributed by atoms with Gasteiger partial charge in [0.25, 0.3) is 6.43 Å². The van der Waals surface area contributed by atoms with Gasteiger partial charge in [-0.05, 0) is 39.2 Å². The van der Waals surface area contributed by atoms with Crippen molar-refractivity contribution in [1.82, 2.24) is 19.7 Å². The summed E-state index contributed by atoms with van der Waals surface area (Å²) in [6, 6.07) is 1.38. The molecule has 0 bridgehead atoms. The fourth-order valence-electron chi connectivity index (χ4n) is 2.95. The summed E-state index contributed by atoms with van der Waals surface area (Å²) in [4.78, 5) is 10.6. The SMILES string of the molecule is CCn1ncc(-c2cc(C(F)F)nc(N3CCCCC3)n2)c1C. The van der Waals surface area contributed by atoms with E-state index in [2.05, 4.69) is 15.1 Å². The minimum atomic E-state index is -2.61. The highest BCUT2D eigenvalue weighted by atomic mass is 19.3. The maximum absolute atomic E-state index is 13.3. The number of hydrogen-bond acceptors (Lipinski definition) is 4. The standard InChI is InChI=1S/C16H21F2N5/c1-3-23-11(2)12(10-19-23)13-9-14(15(17)18)21-16(20-13)22-7-5-4-6-8-22/h9-10,15H,3-8H2,1-2H3. The van der Waals surface area contributed by atoms with Crippen LogP contribution in [0, 0.1) is 6.92 Å². The van der Waals surface area contributed by atoms with Gasteiger partial charge in [0, 0.05) is 30.9 Å². The number of alkyl halides is 2. The van der Waals surface area contributed by atoms with Crippen molar-refractivity contribution in [2.75, 3.05) is 18.0 Å². The molecule has 3 rings (SSSR count). The van der Waals surface area contributed by atoms with Crippen molar-refractivity contribution in [3.63, 3.8) is 0 Å². The van der Waals surface area contributed by atoms with Crippen LogP contribution in [0.5, 0.6) is 0 Å². The molecule has 2 aromatic heterocycles. The Morgan fingerprint density at radius 3 is 2.52 bits per heavy atom. The van der Waals surface area contributed by atoms with Crippen LogP contribution >= 0.6 is 0 Å². The number of hydrogen-bond donors (Lipinski definition) is 0. The van der Waals surface area contributed by atoms with Crippen LogP contribution in [0.1, 0.15) is 44.0 Å². The summed E-state index contributed by atoms with van der Waals surface area (Å²) >= 11 is 0. The third-order valence-corrected chi connectivity index (χ3v) is 4.28. The molecule has 0 N–H and O–H groups in total. The minimum Gasteiger partial charge on any atom is -0.341 e. The lowest BCUT2D eigenvalue weighted by Gasteiger charge is -2.27. The maximum atomic E-state index is 13.3. The molecule has 7 heteroatoms. The van der Waals surface area contributed by atoms with Gasteiger partial charge >= 0.3 is 0 Å². The molecular formula is C16H21F2N5. The Kier molecular flexibility index (Phi) is 4.54. The van der Waals surface area contributed by atoms with E-state index in [0.29, 0.717) is 11.6 Å². The molecule has 0 amide bonds.